The average Bonchev–Trinajstić information content (AvgIpc) is 3.18. The van der Waals surface area contributed by atoms with Crippen LogP contribution in [0.4, 0.5) is 13.2 Å². The standard InChI is InChI=1S/C14H24F3NO3/c1-10(2)18-13(11-5-6-11,12(19)20-3)9-21-8-4-7-14(15,16)17/h10-11,18H,4-9H2,1-3H3. The van der Waals surface area contributed by atoms with Crippen LogP contribution in [0.3, 0.4) is 0 Å². The number of alkyl halides is 3. The summed E-state index contributed by atoms with van der Waals surface area (Å²) in [6.45, 7) is 3.83. The van der Waals surface area contributed by atoms with Crippen LogP contribution in [-0.2, 0) is 14.3 Å². The van der Waals surface area contributed by atoms with Crippen molar-refractivity contribution in [2.24, 2.45) is 5.92 Å². The number of carbonyl (C=O) groups excluding carboxylic acids is 1. The molecule has 0 aromatic carbocycles. The molecule has 1 unspecified atom stereocenters. The van der Waals surface area contributed by atoms with Crippen molar-refractivity contribution in [3.63, 3.8) is 0 Å². The third-order valence-electron chi connectivity index (χ3n) is 3.45. The molecule has 1 aliphatic carbocycles. The molecule has 124 valence electrons. The van der Waals surface area contributed by atoms with Gasteiger partial charge in [0, 0.05) is 19.1 Å². The molecule has 0 aromatic rings. The fourth-order valence-corrected chi connectivity index (χ4v) is 2.44. The van der Waals surface area contributed by atoms with Gasteiger partial charge >= 0.3 is 12.1 Å². The molecule has 0 aromatic heterocycles. The predicted octanol–water partition coefficient (Wildman–Crippen LogP) is 2.67. The molecule has 0 spiro atoms. The number of methoxy groups -OCH3 is 1. The van der Waals surface area contributed by atoms with Crippen LogP contribution in [0.15, 0.2) is 0 Å². The Kier molecular flexibility index (Phi) is 6.46. The lowest BCUT2D eigenvalue weighted by atomic mass is 9.93. The number of esters is 1. The molecule has 1 aliphatic rings. The van der Waals surface area contributed by atoms with Gasteiger partial charge in [-0.1, -0.05) is 0 Å². The number of nitrogens with one attached hydrogen (secondary N) is 1. The summed E-state index contributed by atoms with van der Waals surface area (Å²) in [6, 6.07) is 0.0449. The summed E-state index contributed by atoms with van der Waals surface area (Å²) in [5, 5.41) is 3.19. The zero-order chi connectivity index (χ0) is 16.1. The first kappa shape index (κ1) is 18.2. The minimum Gasteiger partial charge on any atom is -0.468 e. The van der Waals surface area contributed by atoms with Crippen LogP contribution in [-0.4, -0.2) is 44.0 Å². The van der Waals surface area contributed by atoms with Gasteiger partial charge in [-0.05, 0) is 39.0 Å². The van der Waals surface area contributed by atoms with Crippen molar-refractivity contribution >= 4 is 5.97 Å². The van der Waals surface area contributed by atoms with E-state index in [2.05, 4.69) is 5.32 Å². The molecule has 21 heavy (non-hydrogen) atoms. The maximum Gasteiger partial charge on any atom is 0.389 e. The Bertz CT molecular complexity index is 343. The molecule has 1 rings (SSSR count). The van der Waals surface area contributed by atoms with Crippen molar-refractivity contribution in [2.45, 2.75) is 57.3 Å². The number of ether oxygens (including phenoxy) is 2. The third-order valence-corrected chi connectivity index (χ3v) is 3.45. The second-order valence-corrected chi connectivity index (χ2v) is 5.81. The van der Waals surface area contributed by atoms with Gasteiger partial charge in [0.25, 0.3) is 0 Å². The molecule has 0 heterocycles. The average molecular weight is 311 g/mol. The highest BCUT2D eigenvalue weighted by molar-refractivity contribution is 5.82. The normalized spacial score (nSPS) is 18.6. The highest BCUT2D eigenvalue weighted by atomic mass is 19.4. The van der Waals surface area contributed by atoms with Gasteiger partial charge in [0.15, 0.2) is 0 Å². The molecule has 4 nitrogen and oxygen atoms in total. The summed E-state index contributed by atoms with van der Waals surface area (Å²) in [5.41, 5.74) is -0.943. The van der Waals surface area contributed by atoms with Crippen molar-refractivity contribution in [3.05, 3.63) is 0 Å². The fourth-order valence-electron chi connectivity index (χ4n) is 2.44. The lowest BCUT2D eigenvalue weighted by molar-refractivity contribution is -0.155. The molecule has 1 saturated carbocycles. The van der Waals surface area contributed by atoms with E-state index in [4.69, 9.17) is 9.47 Å². The van der Waals surface area contributed by atoms with Crippen LogP contribution >= 0.6 is 0 Å². The first-order chi connectivity index (χ1) is 9.71. The Hall–Kier alpha value is -0.820. The van der Waals surface area contributed by atoms with E-state index in [1.54, 1.807) is 0 Å². The van der Waals surface area contributed by atoms with Crippen LogP contribution in [0.25, 0.3) is 0 Å². The van der Waals surface area contributed by atoms with E-state index in [1.807, 2.05) is 13.8 Å². The summed E-state index contributed by atoms with van der Waals surface area (Å²) in [7, 11) is 1.31. The Morgan fingerprint density at radius 3 is 2.38 bits per heavy atom. The number of halogens is 3. The SMILES string of the molecule is COC(=O)C(COCCCC(F)(F)F)(NC(C)C)C1CC1. The highest BCUT2D eigenvalue weighted by Gasteiger charge is 2.52. The molecule has 0 bridgehead atoms. The highest BCUT2D eigenvalue weighted by Crippen LogP contribution is 2.41. The molecular weight excluding hydrogens is 287 g/mol. The minimum absolute atomic E-state index is 0.0231. The Morgan fingerprint density at radius 2 is 1.95 bits per heavy atom. The van der Waals surface area contributed by atoms with E-state index in [1.165, 1.54) is 7.11 Å². The molecule has 0 amide bonds. The smallest absolute Gasteiger partial charge is 0.389 e. The maximum atomic E-state index is 12.1. The van der Waals surface area contributed by atoms with Crippen molar-refractivity contribution in [1.82, 2.24) is 5.32 Å². The monoisotopic (exact) mass is 311 g/mol. The number of rotatable bonds is 9. The summed E-state index contributed by atoms with van der Waals surface area (Å²) in [4.78, 5) is 12.1. The zero-order valence-electron chi connectivity index (χ0n) is 12.8. The summed E-state index contributed by atoms with van der Waals surface area (Å²) in [5.74, 6) is -0.288. The molecule has 7 heteroatoms. The molecule has 1 fully saturated rings. The topological polar surface area (TPSA) is 47.6 Å². The largest absolute Gasteiger partial charge is 0.468 e. The zero-order valence-corrected chi connectivity index (χ0v) is 12.8. The van der Waals surface area contributed by atoms with E-state index in [0.29, 0.717) is 0 Å². The van der Waals surface area contributed by atoms with Crippen molar-refractivity contribution < 1.29 is 27.4 Å². The summed E-state index contributed by atoms with van der Waals surface area (Å²) < 4.78 is 46.4. The van der Waals surface area contributed by atoms with Gasteiger partial charge < -0.3 is 9.47 Å². The van der Waals surface area contributed by atoms with Crippen LogP contribution in [0, 0.1) is 5.92 Å². The van der Waals surface area contributed by atoms with Crippen molar-refractivity contribution in [3.8, 4) is 0 Å². The first-order valence-corrected chi connectivity index (χ1v) is 7.22. The summed E-state index contributed by atoms with van der Waals surface area (Å²) in [6.07, 6.45) is -3.37. The van der Waals surface area contributed by atoms with Crippen molar-refractivity contribution in [2.75, 3.05) is 20.3 Å². The fraction of sp³-hybridized carbons (Fsp3) is 0.929. The number of hydrogen-bond donors (Lipinski definition) is 1. The second kappa shape index (κ2) is 7.45. The molecular formula is C14H24F3NO3. The minimum atomic E-state index is -4.17. The van der Waals surface area contributed by atoms with Gasteiger partial charge in [-0.3, -0.25) is 5.32 Å². The Labute approximate surface area is 123 Å². The van der Waals surface area contributed by atoms with E-state index in [9.17, 15) is 18.0 Å². The predicted molar refractivity (Wildman–Crippen MR) is 71.9 cm³/mol. The molecule has 0 aliphatic heterocycles. The third kappa shape index (κ3) is 5.82. The first-order valence-electron chi connectivity index (χ1n) is 7.22. The number of carbonyl (C=O) groups is 1. The van der Waals surface area contributed by atoms with Gasteiger partial charge in [0.2, 0.25) is 0 Å². The quantitative estimate of drug-likeness (QED) is 0.525. The summed E-state index contributed by atoms with van der Waals surface area (Å²) >= 11 is 0. The van der Waals surface area contributed by atoms with E-state index in [0.717, 1.165) is 12.8 Å². The van der Waals surface area contributed by atoms with Gasteiger partial charge in [-0.25, -0.2) is 4.79 Å². The lowest BCUT2D eigenvalue weighted by Crippen LogP contribution is -2.60. The van der Waals surface area contributed by atoms with E-state index >= 15 is 0 Å². The molecule has 0 radical (unpaired) electrons. The van der Waals surface area contributed by atoms with Gasteiger partial charge in [0.1, 0.15) is 5.54 Å². The second-order valence-electron chi connectivity index (χ2n) is 5.81. The molecule has 1 N–H and O–H groups in total. The van der Waals surface area contributed by atoms with Crippen LogP contribution < -0.4 is 5.32 Å². The van der Waals surface area contributed by atoms with Gasteiger partial charge in [-0.15, -0.1) is 0 Å². The van der Waals surface area contributed by atoms with Crippen LogP contribution in [0.1, 0.15) is 39.5 Å². The maximum absolute atomic E-state index is 12.1. The van der Waals surface area contributed by atoms with Gasteiger partial charge in [-0.2, -0.15) is 13.2 Å². The van der Waals surface area contributed by atoms with Crippen LogP contribution in [0.5, 0.6) is 0 Å². The lowest BCUT2D eigenvalue weighted by Gasteiger charge is -2.34. The van der Waals surface area contributed by atoms with Crippen molar-refractivity contribution in [1.29, 1.82) is 0 Å². The Morgan fingerprint density at radius 1 is 1.33 bits per heavy atom. The van der Waals surface area contributed by atoms with Gasteiger partial charge in [0.05, 0.1) is 13.7 Å². The molecule has 1 atom stereocenters. The Balaban J connectivity index is 2.55. The molecule has 0 saturated heterocycles. The number of hydrogen-bond acceptors (Lipinski definition) is 4. The van der Waals surface area contributed by atoms with E-state index in [-0.39, 0.29) is 31.6 Å². The van der Waals surface area contributed by atoms with Crippen LogP contribution in [0.2, 0.25) is 0 Å². The van der Waals surface area contributed by atoms with E-state index < -0.39 is 24.1 Å².